The molecule has 0 saturated heterocycles. The van der Waals surface area contributed by atoms with Gasteiger partial charge in [-0.2, -0.15) is 14.0 Å². The summed E-state index contributed by atoms with van der Waals surface area (Å²) in [6.07, 6.45) is 1.94. The van der Waals surface area contributed by atoms with Crippen molar-refractivity contribution >= 4 is 18.3 Å². The second-order valence-corrected chi connectivity index (χ2v) is 3.26. The number of hydrogen-bond acceptors (Lipinski definition) is 4. The SMILES string of the molecule is N#Cc1cc(C=O)c(/C=C/C(=O)O)c(OC(F)F)c1. The van der Waals surface area contributed by atoms with Crippen LogP contribution in [0.15, 0.2) is 18.2 Å². The summed E-state index contributed by atoms with van der Waals surface area (Å²) in [5.74, 6) is -1.75. The molecule has 0 aliphatic heterocycles. The van der Waals surface area contributed by atoms with Crippen molar-refractivity contribution in [3.8, 4) is 11.8 Å². The number of carbonyl (C=O) groups excluding carboxylic acids is 1. The Kier molecular flexibility index (Phi) is 4.71. The minimum Gasteiger partial charge on any atom is -0.478 e. The first kappa shape index (κ1) is 14.3. The third-order valence-corrected chi connectivity index (χ3v) is 2.04. The van der Waals surface area contributed by atoms with Gasteiger partial charge in [-0.3, -0.25) is 4.79 Å². The summed E-state index contributed by atoms with van der Waals surface area (Å²) in [6, 6.07) is 3.83. The first-order chi connectivity index (χ1) is 8.97. The molecule has 0 saturated carbocycles. The molecule has 0 unspecified atom stereocenters. The van der Waals surface area contributed by atoms with Gasteiger partial charge in [-0.1, -0.05) is 0 Å². The third-order valence-electron chi connectivity index (χ3n) is 2.04. The molecule has 0 bridgehead atoms. The summed E-state index contributed by atoms with van der Waals surface area (Å²) in [6.45, 7) is -3.16. The van der Waals surface area contributed by atoms with Crippen LogP contribution in [0.5, 0.6) is 5.75 Å². The number of aliphatic carboxylic acids is 1. The Morgan fingerprint density at radius 2 is 2.16 bits per heavy atom. The zero-order chi connectivity index (χ0) is 14.4. The topological polar surface area (TPSA) is 87.4 Å². The van der Waals surface area contributed by atoms with E-state index in [9.17, 15) is 18.4 Å². The number of rotatable bonds is 5. The van der Waals surface area contributed by atoms with Crippen molar-refractivity contribution in [2.45, 2.75) is 6.61 Å². The smallest absolute Gasteiger partial charge is 0.387 e. The van der Waals surface area contributed by atoms with E-state index < -0.39 is 18.3 Å². The Balaban J connectivity index is 3.41. The number of nitriles is 1. The van der Waals surface area contributed by atoms with Crippen LogP contribution in [0.25, 0.3) is 6.08 Å². The van der Waals surface area contributed by atoms with Crippen LogP contribution in [0.2, 0.25) is 0 Å². The van der Waals surface area contributed by atoms with E-state index in [0.717, 1.165) is 18.2 Å². The van der Waals surface area contributed by atoms with Gasteiger partial charge in [-0.15, -0.1) is 0 Å². The number of hydrogen-bond donors (Lipinski definition) is 1. The van der Waals surface area contributed by atoms with Gasteiger partial charge < -0.3 is 9.84 Å². The molecule has 0 atom stereocenters. The Bertz CT molecular complexity index is 576. The van der Waals surface area contributed by atoms with Crippen molar-refractivity contribution in [3.63, 3.8) is 0 Å². The van der Waals surface area contributed by atoms with Gasteiger partial charge in [0, 0.05) is 17.2 Å². The third kappa shape index (κ3) is 3.89. The number of halogens is 2. The quantitative estimate of drug-likeness (QED) is 0.651. The van der Waals surface area contributed by atoms with Crippen LogP contribution in [0, 0.1) is 11.3 Å². The van der Waals surface area contributed by atoms with E-state index in [-0.39, 0.29) is 16.7 Å². The average molecular weight is 267 g/mol. The Morgan fingerprint density at radius 3 is 2.63 bits per heavy atom. The van der Waals surface area contributed by atoms with Gasteiger partial charge in [0.15, 0.2) is 6.29 Å². The van der Waals surface area contributed by atoms with Gasteiger partial charge in [0.2, 0.25) is 0 Å². The summed E-state index contributed by atoms with van der Waals surface area (Å²) in [5.41, 5.74) is -0.297. The van der Waals surface area contributed by atoms with E-state index in [1.807, 2.05) is 0 Å². The Morgan fingerprint density at radius 1 is 1.47 bits per heavy atom. The van der Waals surface area contributed by atoms with Gasteiger partial charge >= 0.3 is 12.6 Å². The lowest BCUT2D eigenvalue weighted by Gasteiger charge is -2.10. The van der Waals surface area contributed by atoms with Gasteiger partial charge in [0.1, 0.15) is 5.75 Å². The van der Waals surface area contributed by atoms with Crippen molar-refractivity contribution in [3.05, 3.63) is 34.9 Å². The summed E-state index contributed by atoms with van der Waals surface area (Å²) < 4.78 is 28.6. The number of aldehydes is 1. The highest BCUT2D eigenvalue weighted by atomic mass is 19.3. The molecule has 1 rings (SSSR count). The zero-order valence-electron chi connectivity index (χ0n) is 9.34. The molecular weight excluding hydrogens is 260 g/mol. The van der Waals surface area contributed by atoms with Gasteiger partial charge in [-0.25, -0.2) is 4.79 Å². The zero-order valence-corrected chi connectivity index (χ0v) is 9.34. The molecule has 1 aromatic carbocycles. The maximum Gasteiger partial charge on any atom is 0.387 e. The van der Waals surface area contributed by atoms with Crippen molar-refractivity contribution in [1.82, 2.24) is 0 Å². The van der Waals surface area contributed by atoms with Gasteiger partial charge in [-0.05, 0) is 18.2 Å². The van der Waals surface area contributed by atoms with Crippen molar-refractivity contribution in [2.75, 3.05) is 0 Å². The van der Waals surface area contributed by atoms with Gasteiger partial charge in [0.05, 0.1) is 11.6 Å². The normalized spacial score (nSPS) is 10.4. The maximum absolute atomic E-state index is 12.2. The predicted molar refractivity (Wildman–Crippen MR) is 59.8 cm³/mol. The summed E-state index contributed by atoms with van der Waals surface area (Å²) in [7, 11) is 0. The monoisotopic (exact) mass is 267 g/mol. The van der Waals surface area contributed by atoms with E-state index in [0.29, 0.717) is 12.4 Å². The molecule has 98 valence electrons. The van der Waals surface area contributed by atoms with Crippen molar-refractivity contribution < 1.29 is 28.2 Å². The molecule has 0 amide bonds. The lowest BCUT2D eigenvalue weighted by Crippen LogP contribution is -2.05. The van der Waals surface area contributed by atoms with Crippen molar-refractivity contribution in [2.24, 2.45) is 0 Å². The fourth-order valence-corrected chi connectivity index (χ4v) is 1.34. The molecule has 0 spiro atoms. The highest BCUT2D eigenvalue weighted by Crippen LogP contribution is 2.27. The number of carboxylic acid groups (broad SMARTS) is 1. The molecule has 0 aliphatic carbocycles. The second-order valence-electron chi connectivity index (χ2n) is 3.26. The molecule has 0 radical (unpaired) electrons. The first-order valence-corrected chi connectivity index (χ1v) is 4.87. The number of carboxylic acids is 1. The highest BCUT2D eigenvalue weighted by Gasteiger charge is 2.14. The van der Waals surface area contributed by atoms with Crippen LogP contribution in [0.4, 0.5) is 8.78 Å². The van der Waals surface area contributed by atoms with Crippen LogP contribution in [0.3, 0.4) is 0 Å². The van der Waals surface area contributed by atoms with Crippen LogP contribution in [-0.4, -0.2) is 24.0 Å². The largest absolute Gasteiger partial charge is 0.478 e. The summed E-state index contributed by atoms with van der Waals surface area (Å²) in [4.78, 5) is 21.3. The van der Waals surface area contributed by atoms with Crippen LogP contribution in [0.1, 0.15) is 21.5 Å². The Hall–Kier alpha value is -2.75. The van der Waals surface area contributed by atoms with Crippen LogP contribution >= 0.6 is 0 Å². The number of nitrogens with zero attached hydrogens (tertiary/aromatic N) is 1. The number of alkyl halides is 2. The predicted octanol–water partition coefficient (Wildman–Crippen LogP) is 2.07. The molecule has 1 aromatic rings. The number of benzene rings is 1. The fraction of sp³-hybridized carbons (Fsp3) is 0.0833. The standard InChI is InChI=1S/C12H7F2NO4/c13-12(14)19-10-4-7(5-15)3-8(6-16)9(10)1-2-11(17)18/h1-4,6,12H,(H,17,18)/b2-1+. The molecule has 1 N–H and O–H groups in total. The van der Waals surface area contributed by atoms with Crippen LogP contribution in [-0.2, 0) is 4.79 Å². The summed E-state index contributed by atoms with van der Waals surface area (Å²) in [5, 5.41) is 17.2. The lowest BCUT2D eigenvalue weighted by molar-refractivity contribution is -0.131. The molecule has 0 fully saturated rings. The minimum atomic E-state index is -3.16. The molecule has 0 aromatic heterocycles. The fourth-order valence-electron chi connectivity index (χ4n) is 1.34. The van der Waals surface area contributed by atoms with Gasteiger partial charge in [0.25, 0.3) is 0 Å². The van der Waals surface area contributed by atoms with E-state index >= 15 is 0 Å². The molecule has 0 aliphatic rings. The lowest BCUT2D eigenvalue weighted by atomic mass is 10.0. The Labute approximate surface area is 106 Å². The number of carbonyl (C=O) groups is 2. The molecule has 19 heavy (non-hydrogen) atoms. The van der Waals surface area contributed by atoms with E-state index in [2.05, 4.69) is 4.74 Å². The first-order valence-electron chi connectivity index (χ1n) is 4.87. The number of ether oxygens (including phenoxy) is 1. The maximum atomic E-state index is 12.2. The van der Waals surface area contributed by atoms with Crippen molar-refractivity contribution in [1.29, 1.82) is 5.26 Å². The molecular formula is C12H7F2NO4. The molecule has 7 heteroatoms. The van der Waals surface area contributed by atoms with E-state index in [1.165, 1.54) is 0 Å². The highest BCUT2D eigenvalue weighted by molar-refractivity contribution is 5.91. The van der Waals surface area contributed by atoms with E-state index in [4.69, 9.17) is 10.4 Å². The van der Waals surface area contributed by atoms with Crippen LogP contribution < -0.4 is 4.74 Å². The van der Waals surface area contributed by atoms with E-state index in [1.54, 1.807) is 6.07 Å². The second kappa shape index (κ2) is 6.26. The average Bonchev–Trinajstić information content (AvgIpc) is 2.35. The minimum absolute atomic E-state index is 0.0507. The summed E-state index contributed by atoms with van der Waals surface area (Å²) >= 11 is 0. The molecule has 5 nitrogen and oxygen atoms in total. The molecule has 0 heterocycles.